The number of hydrogen-bond acceptors (Lipinski definition) is 4. The van der Waals surface area contributed by atoms with Crippen LogP contribution in [0.4, 0.5) is 0 Å². The Morgan fingerprint density at radius 1 is 1.38 bits per heavy atom. The minimum absolute atomic E-state index is 0.0619. The van der Waals surface area contributed by atoms with E-state index >= 15 is 0 Å². The van der Waals surface area contributed by atoms with Gasteiger partial charge in [0.05, 0.1) is 19.3 Å². The molecule has 0 spiro atoms. The highest BCUT2D eigenvalue weighted by molar-refractivity contribution is 5.80. The fourth-order valence-electron chi connectivity index (χ4n) is 3.66. The summed E-state index contributed by atoms with van der Waals surface area (Å²) in [6.45, 7) is 5.79. The van der Waals surface area contributed by atoms with Crippen LogP contribution in [0.5, 0.6) is 0 Å². The number of aromatic nitrogens is 2. The fraction of sp³-hybridized carbons (Fsp3) is 0.765. The van der Waals surface area contributed by atoms with Gasteiger partial charge in [-0.15, -0.1) is 0 Å². The molecule has 134 valence electrons. The second-order valence-corrected chi connectivity index (χ2v) is 6.95. The lowest BCUT2D eigenvalue weighted by Crippen LogP contribution is -2.50. The average Bonchev–Trinajstić information content (AvgIpc) is 3.02. The van der Waals surface area contributed by atoms with Crippen molar-refractivity contribution in [2.75, 3.05) is 53.4 Å². The molecule has 1 aromatic rings. The lowest BCUT2D eigenvalue weighted by molar-refractivity contribution is -0.00812. The zero-order valence-corrected chi connectivity index (χ0v) is 15.1. The number of morpholine rings is 1. The first-order valence-electron chi connectivity index (χ1n) is 8.90. The first-order chi connectivity index (χ1) is 11.7. The van der Waals surface area contributed by atoms with Crippen LogP contribution in [0.2, 0.25) is 0 Å². The number of aliphatic imine (C=N–C) groups is 1. The van der Waals surface area contributed by atoms with Crippen LogP contribution in [0.1, 0.15) is 24.5 Å². The van der Waals surface area contributed by atoms with Crippen LogP contribution in [0.3, 0.4) is 0 Å². The topological polar surface area (TPSA) is 57.9 Å². The zero-order chi connectivity index (χ0) is 16.9. The minimum Gasteiger partial charge on any atom is -0.370 e. The van der Waals surface area contributed by atoms with Crippen molar-refractivity contribution in [2.45, 2.75) is 18.9 Å². The molecule has 1 N–H and O–H groups in total. The number of guanidine groups is 1. The lowest BCUT2D eigenvalue weighted by Gasteiger charge is -2.36. The molecule has 2 unspecified atom stereocenters. The molecule has 2 fully saturated rings. The summed E-state index contributed by atoms with van der Waals surface area (Å²) in [5.41, 5.74) is 1.13. The minimum atomic E-state index is 0.0619. The molecule has 1 aromatic heterocycles. The summed E-state index contributed by atoms with van der Waals surface area (Å²) >= 11 is 0. The Balaban J connectivity index is 1.54. The summed E-state index contributed by atoms with van der Waals surface area (Å²) in [6, 6.07) is 0. The molecule has 2 atom stereocenters. The molecule has 3 rings (SSSR count). The predicted octanol–water partition coefficient (Wildman–Crippen LogP) is 0.711. The van der Waals surface area contributed by atoms with Crippen LogP contribution in [0.15, 0.2) is 17.4 Å². The van der Waals surface area contributed by atoms with Crippen LogP contribution < -0.4 is 5.32 Å². The first-order valence-corrected chi connectivity index (χ1v) is 8.90. The number of hydrogen-bond donors (Lipinski definition) is 1. The molecule has 0 aromatic carbocycles. The van der Waals surface area contributed by atoms with E-state index in [0.29, 0.717) is 12.5 Å². The van der Waals surface area contributed by atoms with Crippen molar-refractivity contribution in [3.8, 4) is 0 Å². The van der Waals surface area contributed by atoms with Gasteiger partial charge in [-0.2, -0.15) is 5.10 Å². The van der Waals surface area contributed by atoms with E-state index in [1.54, 1.807) is 0 Å². The summed E-state index contributed by atoms with van der Waals surface area (Å²) in [5.74, 6) is 1.69. The second kappa shape index (κ2) is 7.98. The van der Waals surface area contributed by atoms with E-state index in [9.17, 15) is 0 Å². The zero-order valence-electron chi connectivity index (χ0n) is 15.1. The first kappa shape index (κ1) is 17.2. The van der Waals surface area contributed by atoms with E-state index in [-0.39, 0.29) is 6.10 Å². The van der Waals surface area contributed by atoms with Gasteiger partial charge in [0.25, 0.3) is 0 Å². The number of nitrogens with one attached hydrogen (secondary N) is 1. The monoisotopic (exact) mass is 334 g/mol. The average molecular weight is 334 g/mol. The molecule has 0 radical (unpaired) electrons. The maximum absolute atomic E-state index is 5.93. The highest BCUT2D eigenvalue weighted by Gasteiger charge is 2.26. The van der Waals surface area contributed by atoms with E-state index in [1.165, 1.54) is 25.9 Å². The summed E-state index contributed by atoms with van der Waals surface area (Å²) in [5, 5.41) is 7.83. The molecule has 2 saturated heterocycles. The highest BCUT2D eigenvalue weighted by Crippen LogP contribution is 2.21. The van der Waals surface area contributed by atoms with Crippen LogP contribution in [-0.4, -0.2) is 79.0 Å². The van der Waals surface area contributed by atoms with Crippen LogP contribution in [0, 0.1) is 5.92 Å². The van der Waals surface area contributed by atoms with Crippen molar-refractivity contribution in [3.63, 3.8) is 0 Å². The standard InChI is InChI=1S/C17H30N6O/c1-18-17(19-9-14-5-4-6-21(2)11-14)23-7-8-24-16(13-23)15-10-20-22(3)12-15/h10,12,14,16H,4-9,11,13H2,1-3H3,(H,18,19). The number of rotatable bonds is 3. The molecule has 7 nitrogen and oxygen atoms in total. The van der Waals surface area contributed by atoms with Crippen molar-refractivity contribution in [2.24, 2.45) is 18.0 Å². The van der Waals surface area contributed by atoms with Crippen molar-refractivity contribution in [1.29, 1.82) is 0 Å². The van der Waals surface area contributed by atoms with Gasteiger partial charge in [-0.1, -0.05) is 0 Å². The molecule has 24 heavy (non-hydrogen) atoms. The van der Waals surface area contributed by atoms with Gasteiger partial charge in [0.1, 0.15) is 6.10 Å². The Morgan fingerprint density at radius 3 is 2.96 bits per heavy atom. The van der Waals surface area contributed by atoms with E-state index in [1.807, 2.05) is 31.2 Å². The summed E-state index contributed by atoms with van der Waals surface area (Å²) < 4.78 is 7.75. The quantitative estimate of drug-likeness (QED) is 0.652. The largest absolute Gasteiger partial charge is 0.370 e. The van der Waals surface area contributed by atoms with Crippen molar-refractivity contribution >= 4 is 5.96 Å². The molecule has 3 heterocycles. The van der Waals surface area contributed by atoms with E-state index < -0.39 is 0 Å². The van der Waals surface area contributed by atoms with Crippen LogP contribution >= 0.6 is 0 Å². The molecule has 2 aliphatic heterocycles. The SMILES string of the molecule is CN=C(NCC1CCCN(C)C1)N1CCOC(c2cnn(C)c2)C1. The number of ether oxygens (including phenoxy) is 1. The van der Waals surface area contributed by atoms with Crippen molar-refractivity contribution in [1.82, 2.24) is 24.9 Å². The third kappa shape index (κ3) is 4.27. The Bertz CT molecular complexity index is 557. The van der Waals surface area contributed by atoms with Gasteiger partial charge in [-0.05, 0) is 32.4 Å². The molecule has 0 amide bonds. The van der Waals surface area contributed by atoms with Gasteiger partial charge in [0, 0.05) is 45.5 Å². The summed E-state index contributed by atoms with van der Waals surface area (Å²) in [4.78, 5) is 9.21. The van der Waals surface area contributed by atoms with E-state index in [2.05, 4.69) is 32.3 Å². The third-order valence-electron chi connectivity index (χ3n) is 4.95. The number of likely N-dealkylation sites (tertiary alicyclic amines) is 1. The Kier molecular flexibility index (Phi) is 5.73. The fourth-order valence-corrected chi connectivity index (χ4v) is 3.66. The second-order valence-electron chi connectivity index (χ2n) is 6.95. The lowest BCUT2D eigenvalue weighted by atomic mass is 9.98. The van der Waals surface area contributed by atoms with Crippen molar-refractivity contribution in [3.05, 3.63) is 18.0 Å². The van der Waals surface area contributed by atoms with Gasteiger partial charge in [-0.3, -0.25) is 9.67 Å². The predicted molar refractivity (Wildman–Crippen MR) is 95.1 cm³/mol. The Hall–Kier alpha value is -1.60. The van der Waals surface area contributed by atoms with Crippen LogP contribution in [0.25, 0.3) is 0 Å². The van der Waals surface area contributed by atoms with Gasteiger partial charge in [0.15, 0.2) is 5.96 Å². The van der Waals surface area contributed by atoms with Gasteiger partial charge >= 0.3 is 0 Å². The number of aryl methyl sites for hydroxylation is 1. The van der Waals surface area contributed by atoms with E-state index in [0.717, 1.165) is 31.2 Å². The normalized spacial score (nSPS) is 26.6. The molecular formula is C17H30N6O. The number of piperidine rings is 1. The summed E-state index contributed by atoms with van der Waals surface area (Å²) in [6.07, 6.45) is 6.58. The molecule has 0 bridgehead atoms. The Morgan fingerprint density at radius 2 is 2.25 bits per heavy atom. The maximum atomic E-state index is 5.93. The molecule has 7 heteroatoms. The molecule has 0 saturated carbocycles. The smallest absolute Gasteiger partial charge is 0.193 e. The maximum Gasteiger partial charge on any atom is 0.193 e. The highest BCUT2D eigenvalue weighted by atomic mass is 16.5. The van der Waals surface area contributed by atoms with E-state index in [4.69, 9.17) is 4.74 Å². The van der Waals surface area contributed by atoms with Gasteiger partial charge < -0.3 is 19.9 Å². The Labute approximate surface area is 144 Å². The molecule has 2 aliphatic rings. The summed E-state index contributed by atoms with van der Waals surface area (Å²) in [7, 11) is 6.01. The third-order valence-corrected chi connectivity index (χ3v) is 4.95. The van der Waals surface area contributed by atoms with Gasteiger partial charge in [0.2, 0.25) is 0 Å². The number of nitrogens with zero attached hydrogens (tertiary/aromatic N) is 5. The van der Waals surface area contributed by atoms with Crippen molar-refractivity contribution < 1.29 is 4.74 Å². The van der Waals surface area contributed by atoms with Gasteiger partial charge in [-0.25, -0.2) is 0 Å². The van der Waals surface area contributed by atoms with Crippen LogP contribution in [-0.2, 0) is 11.8 Å². The molecule has 0 aliphatic carbocycles. The molecular weight excluding hydrogens is 304 g/mol.